The number of sulfonamides is 1. The van der Waals surface area contributed by atoms with E-state index >= 15 is 0 Å². The molecule has 0 atom stereocenters. The quantitative estimate of drug-likeness (QED) is 0.777. The van der Waals surface area contributed by atoms with Crippen molar-refractivity contribution in [1.29, 1.82) is 0 Å². The van der Waals surface area contributed by atoms with Crippen molar-refractivity contribution in [3.63, 3.8) is 0 Å². The number of ether oxygens (including phenoxy) is 2. The Balaban J connectivity index is 1.65. The Labute approximate surface area is 163 Å². The predicted molar refractivity (Wildman–Crippen MR) is 101 cm³/mol. The van der Waals surface area contributed by atoms with Crippen LogP contribution in [0.1, 0.15) is 18.6 Å². The van der Waals surface area contributed by atoms with Crippen LogP contribution < -0.4 is 14.8 Å². The molecular weight excluding hydrogens is 386 g/mol. The van der Waals surface area contributed by atoms with E-state index < -0.39 is 10.0 Å². The number of nitrogens with one attached hydrogen (secondary N) is 1. The summed E-state index contributed by atoms with van der Waals surface area (Å²) in [6.07, 6.45) is 0.852. The Morgan fingerprint density at radius 3 is 2.43 bits per heavy atom. The molecule has 1 aromatic carbocycles. The van der Waals surface area contributed by atoms with E-state index in [1.165, 1.54) is 30.7 Å². The van der Waals surface area contributed by atoms with E-state index in [0.717, 1.165) is 0 Å². The molecule has 1 aromatic heterocycles. The van der Waals surface area contributed by atoms with Crippen LogP contribution in [0, 0.1) is 12.8 Å². The Morgan fingerprint density at radius 1 is 1.18 bits per heavy atom. The first-order valence-electron chi connectivity index (χ1n) is 8.81. The number of aryl methyl sites for hydroxylation is 1. The van der Waals surface area contributed by atoms with Crippen molar-refractivity contribution in [2.24, 2.45) is 5.92 Å². The first-order valence-corrected chi connectivity index (χ1v) is 10.3. The zero-order valence-corrected chi connectivity index (χ0v) is 16.8. The van der Waals surface area contributed by atoms with Gasteiger partial charge in [0.15, 0.2) is 17.3 Å². The molecule has 0 radical (unpaired) electrons. The largest absolute Gasteiger partial charge is 0.493 e. The highest BCUT2D eigenvalue weighted by atomic mass is 32.2. The van der Waals surface area contributed by atoms with E-state index in [9.17, 15) is 13.2 Å². The second-order valence-electron chi connectivity index (χ2n) is 6.51. The molecule has 0 aliphatic carbocycles. The second-order valence-corrected chi connectivity index (χ2v) is 8.45. The Hall–Kier alpha value is -2.59. The van der Waals surface area contributed by atoms with Gasteiger partial charge in [0.05, 0.1) is 19.1 Å². The van der Waals surface area contributed by atoms with E-state index in [2.05, 4.69) is 10.5 Å². The number of aromatic nitrogens is 1. The summed E-state index contributed by atoms with van der Waals surface area (Å²) < 4.78 is 42.5. The Morgan fingerprint density at radius 2 is 1.86 bits per heavy atom. The average Bonchev–Trinajstić information content (AvgIpc) is 3.11. The highest BCUT2D eigenvalue weighted by Gasteiger charge is 2.32. The van der Waals surface area contributed by atoms with Gasteiger partial charge in [-0.25, -0.2) is 8.42 Å². The van der Waals surface area contributed by atoms with Gasteiger partial charge >= 0.3 is 0 Å². The maximum absolute atomic E-state index is 12.9. The monoisotopic (exact) mass is 409 g/mol. The van der Waals surface area contributed by atoms with Crippen molar-refractivity contribution >= 4 is 21.7 Å². The van der Waals surface area contributed by atoms with Gasteiger partial charge < -0.3 is 19.3 Å². The van der Waals surface area contributed by atoms with Crippen LogP contribution in [0.5, 0.6) is 11.5 Å². The van der Waals surface area contributed by atoms with E-state index in [4.69, 9.17) is 14.0 Å². The molecule has 1 amide bonds. The third-order valence-corrected chi connectivity index (χ3v) is 6.59. The maximum Gasteiger partial charge on any atom is 0.243 e. The molecule has 1 fully saturated rings. The number of benzene rings is 1. The summed E-state index contributed by atoms with van der Waals surface area (Å²) in [5.74, 6) is 1.31. The maximum atomic E-state index is 12.9. The highest BCUT2D eigenvalue weighted by Crippen LogP contribution is 2.32. The summed E-state index contributed by atoms with van der Waals surface area (Å²) in [5, 5.41) is 6.44. The summed E-state index contributed by atoms with van der Waals surface area (Å²) in [5.41, 5.74) is 0. The summed E-state index contributed by atoms with van der Waals surface area (Å²) in [6, 6.07) is 6.13. The highest BCUT2D eigenvalue weighted by molar-refractivity contribution is 7.89. The van der Waals surface area contributed by atoms with Crippen LogP contribution in [0.3, 0.4) is 0 Å². The lowest BCUT2D eigenvalue weighted by atomic mass is 9.97. The summed E-state index contributed by atoms with van der Waals surface area (Å²) in [4.78, 5) is 12.5. The van der Waals surface area contributed by atoms with Crippen LogP contribution in [0.2, 0.25) is 0 Å². The number of carbonyl (C=O) groups is 1. The molecule has 1 N–H and O–H groups in total. The van der Waals surface area contributed by atoms with Gasteiger partial charge in [-0.05, 0) is 31.9 Å². The molecular formula is C18H23N3O6S. The molecule has 28 heavy (non-hydrogen) atoms. The van der Waals surface area contributed by atoms with Gasteiger partial charge in [-0.1, -0.05) is 5.16 Å². The van der Waals surface area contributed by atoms with E-state index in [-0.39, 0.29) is 29.8 Å². The van der Waals surface area contributed by atoms with Crippen LogP contribution in [-0.2, 0) is 14.8 Å². The summed E-state index contributed by atoms with van der Waals surface area (Å²) in [7, 11) is -0.744. The molecule has 9 nitrogen and oxygen atoms in total. The van der Waals surface area contributed by atoms with Crippen molar-refractivity contribution in [2.45, 2.75) is 24.7 Å². The van der Waals surface area contributed by atoms with Gasteiger partial charge in [0.1, 0.15) is 5.76 Å². The summed E-state index contributed by atoms with van der Waals surface area (Å²) >= 11 is 0. The van der Waals surface area contributed by atoms with Crippen LogP contribution in [-0.4, -0.2) is 51.1 Å². The van der Waals surface area contributed by atoms with Gasteiger partial charge in [0, 0.05) is 31.1 Å². The molecule has 3 rings (SSSR count). The van der Waals surface area contributed by atoms with Crippen molar-refractivity contribution in [3.8, 4) is 11.5 Å². The number of hydrogen-bond donors (Lipinski definition) is 1. The minimum atomic E-state index is -3.69. The molecule has 1 aliphatic heterocycles. The zero-order valence-electron chi connectivity index (χ0n) is 16.0. The van der Waals surface area contributed by atoms with Gasteiger partial charge in [-0.15, -0.1) is 0 Å². The third kappa shape index (κ3) is 4.12. The minimum absolute atomic E-state index is 0.131. The van der Waals surface area contributed by atoms with E-state index in [1.807, 2.05) is 0 Å². The Bertz CT molecular complexity index is 948. The molecule has 152 valence electrons. The van der Waals surface area contributed by atoms with Gasteiger partial charge in [0.2, 0.25) is 15.9 Å². The van der Waals surface area contributed by atoms with Crippen molar-refractivity contribution in [3.05, 3.63) is 30.0 Å². The minimum Gasteiger partial charge on any atom is -0.493 e. The predicted octanol–water partition coefficient (Wildman–Crippen LogP) is 2.04. The SMILES string of the molecule is COc1ccc(S(=O)(=O)N2CCC(C(=O)Nc3cc(C)on3)CC2)cc1OC. The van der Waals surface area contributed by atoms with Crippen molar-refractivity contribution in [2.75, 3.05) is 32.6 Å². The van der Waals surface area contributed by atoms with Crippen LogP contribution >= 0.6 is 0 Å². The topological polar surface area (TPSA) is 111 Å². The number of anilines is 1. The van der Waals surface area contributed by atoms with Crippen molar-refractivity contribution in [1.82, 2.24) is 9.46 Å². The molecule has 0 saturated carbocycles. The number of amides is 1. The van der Waals surface area contributed by atoms with Gasteiger partial charge in [-0.3, -0.25) is 4.79 Å². The molecule has 1 aliphatic rings. The number of nitrogens with zero attached hydrogens (tertiary/aromatic N) is 2. The molecule has 0 unspecified atom stereocenters. The molecule has 1 saturated heterocycles. The molecule has 2 heterocycles. The van der Waals surface area contributed by atoms with Crippen molar-refractivity contribution < 1.29 is 27.2 Å². The average molecular weight is 409 g/mol. The fourth-order valence-electron chi connectivity index (χ4n) is 3.14. The van der Waals surface area contributed by atoms with Gasteiger partial charge in [0.25, 0.3) is 0 Å². The third-order valence-electron chi connectivity index (χ3n) is 4.70. The van der Waals surface area contributed by atoms with E-state index in [0.29, 0.717) is 35.9 Å². The van der Waals surface area contributed by atoms with E-state index in [1.54, 1.807) is 19.1 Å². The molecule has 10 heteroatoms. The lowest BCUT2D eigenvalue weighted by Crippen LogP contribution is -2.41. The number of hydrogen-bond acceptors (Lipinski definition) is 7. The van der Waals surface area contributed by atoms with Gasteiger partial charge in [-0.2, -0.15) is 4.31 Å². The summed E-state index contributed by atoms with van der Waals surface area (Å²) in [6.45, 7) is 2.25. The Kier molecular flexibility index (Phi) is 5.90. The lowest BCUT2D eigenvalue weighted by Gasteiger charge is -2.30. The second kappa shape index (κ2) is 8.19. The fraction of sp³-hybridized carbons (Fsp3) is 0.444. The van der Waals surface area contributed by atoms with Crippen LogP contribution in [0.25, 0.3) is 0 Å². The number of carbonyl (C=O) groups excluding carboxylic acids is 1. The first-order chi connectivity index (χ1) is 13.3. The smallest absolute Gasteiger partial charge is 0.243 e. The molecule has 0 bridgehead atoms. The number of piperidine rings is 1. The van der Waals surface area contributed by atoms with Crippen LogP contribution in [0.15, 0.2) is 33.7 Å². The normalized spacial score (nSPS) is 16.0. The number of methoxy groups -OCH3 is 2. The number of rotatable bonds is 6. The lowest BCUT2D eigenvalue weighted by molar-refractivity contribution is -0.120. The molecule has 2 aromatic rings. The fourth-order valence-corrected chi connectivity index (χ4v) is 4.62. The van der Waals surface area contributed by atoms with Crippen LogP contribution in [0.4, 0.5) is 5.82 Å². The first kappa shape index (κ1) is 20.2. The standard InChI is InChI=1S/C18H23N3O6S/c1-12-10-17(20-27-12)19-18(22)13-6-8-21(9-7-13)28(23,24)14-4-5-15(25-2)16(11-14)26-3/h4-5,10-11,13H,6-9H2,1-3H3,(H,19,20,22). The zero-order chi connectivity index (χ0) is 20.3. The molecule has 0 spiro atoms.